The number of hydrogen-bond acceptors (Lipinski definition) is 3. The number of rotatable bonds is 1. The summed E-state index contributed by atoms with van der Waals surface area (Å²) in [5.41, 5.74) is -0.304. The Kier molecular flexibility index (Phi) is 2.85. The molecule has 2 unspecified atom stereocenters. The van der Waals surface area contributed by atoms with Crippen LogP contribution in [0.3, 0.4) is 0 Å². The van der Waals surface area contributed by atoms with Gasteiger partial charge in [-0.25, -0.2) is 0 Å². The lowest BCUT2D eigenvalue weighted by Gasteiger charge is -2.33. The molecule has 1 fully saturated rings. The number of ether oxygens (including phenoxy) is 1. The number of benzene rings is 1. The van der Waals surface area contributed by atoms with Gasteiger partial charge in [0.1, 0.15) is 11.4 Å². The van der Waals surface area contributed by atoms with Crippen LogP contribution in [-0.2, 0) is 10.3 Å². The molecule has 2 atom stereocenters. The van der Waals surface area contributed by atoms with Crippen molar-refractivity contribution in [3.63, 3.8) is 0 Å². The summed E-state index contributed by atoms with van der Waals surface area (Å²) in [7, 11) is 0. The van der Waals surface area contributed by atoms with Crippen LogP contribution in [0.5, 0.6) is 0 Å². The van der Waals surface area contributed by atoms with Crippen LogP contribution in [0.15, 0.2) is 28.7 Å². The Hall–Kier alpha value is -1.03. The van der Waals surface area contributed by atoms with E-state index >= 15 is 0 Å². The van der Waals surface area contributed by atoms with E-state index in [1.54, 1.807) is 6.07 Å². The number of halogens is 1. The fourth-order valence-electron chi connectivity index (χ4n) is 2.55. The zero-order chi connectivity index (χ0) is 12.8. The summed E-state index contributed by atoms with van der Waals surface area (Å²) < 4.78 is 11.2. The Morgan fingerprint density at radius 3 is 3.00 bits per heavy atom. The zero-order valence-electron chi connectivity index (χ0n) is 10.1. The normalized spacial score (nSPS) is 28.7. The first-order chi connectivity index (χ1) is 8.58. The van der Waals surface area contributed by atoms with Gasteiger partial charge in [-0.1, -0.05) is 23.7 Å². The third kappa shape index (κ3) is 1.92. The predicted octanol–water partition coefficient (Wildman–Crippen LogP) is 3.47. The van der Waals surface area contributed by atoms with E-state index in [0.29, 0.717) is 35.8 Å². The highest BCUT2D eigenvalue weighted by molar-refractivity contribution is 6.34. The molecule has 2 aromatic rings. The van der Waals surface area contributed by atoms with E-state index in [-0.39, 0.29) is 6.10 Å². The molecule has 0 saturated carbocycles. The van der Waals surface area contributed by atoms with Gasteiger partial charge in [0.15, 0.2) is 5.58 Å². The number of fused-ring (bicyclic) bond motifs is 1. The van der Waals surface area contributed by atoms with Crippen molar-refractivity contribution in [2.75, 3.05) is 6.61 Å². The van der Waals surface area contributed by atoms with E-state index in [0.717, 1.165) is 5.39 Å². The fourth-order valence-corrected chi connectivity index (χ4v) is 2.77. The molecular weight excluding hydrogens is 252 g/mol. The summed E-state index contributed by atoms with van der Waals surface area (Å²) in [5.74, 6) is 0.584. The smallest absolute Gasteiger partial charge is 0.153 e. The minimum absolute atomic E-state index is 0.0347. The molecule has 0 bridgehead atoms. The van der Waals surface area contributed by atoms with Crippen LogP contribution >= 0.6 is 11.6 Å². The van der Waals surface area contributed by atoms with Gasteiger partial charge in [-0.15, -0.1) is 0 Å². The predicted molar refractivity (Wildman–Crippen MR) is 69.8 cm³/mol. The maximum absolute atomic E-state index is 10.7. The summed E-state index contributed by atoms with van der Waals surface area (Å²) in [5, 5.41) is 12.2. The molecule has 96 valence electrons. The van der Waals surface area contributed by atoms with Crippen molar-refractivity contribution in [2.24, 2.45) is 0 Å². The van der Waals surface area contributed by atoms with E-state index in [2.05, 4.69) is 0 Å². The molecular formula is C14H15ClO3. The van der Waals surface area contributed by atoms with E-state index in [1.807, 2.05) is 25.1 Å². The van der Waals surface area contributed by atoms with Gasteiger partial charge in [-0.05, 0) is 19.1 Å². The van der Waals surface area contributed by atoms with E-state index in [9.17, 15) is 5.11 Å². The molecule has 0 radical (unpaired) electrons. The number of para-hydroxylation sites is 1. The van der Waals surface area contributed by atoms with Crippen LogP contribution in [0.1, 0.15) is 25.5 Å². The van der Waals surface area contributed by atoms with Gasteiger partial charge in [0.25, 0.3) is 0 Å². The average molecular weight is 267 g/mol. The summed E-state index contributed by atoms with van der Waals surface area (Å²) in [6.07, 6.45) is 1.13. The minimum atomic E-state index is -0.944. The molecule has 2 heterocycles. The average Bonchev–Trinajstić information content (AvgIpc) is 2.75. The van der Waals surface area contributed by atoms with Crippen molar-refractivity contribution in [1.29, 1.82) is 0 Å². The highest BCUT2D eigenvalue weighted by Gasteiger charge is 2.38. The molecule has 0 spiro atoms. The summed E-state index contributed by atoms with van der Waals surface area (Å²) in [6.45, 7) is 2.50. The van der Waals surface area contributed by atoms with E-state index in [4.69, 9.17) is 20.8 Å². The second kappa shape index (κ2) is 4.26. The molecule has 3 nitrogen and oxygen atoms in total. The maximum Gasteiger partial charge on any atom is 0.153 e. The van der Waals surface area contributed by atoms with Crippen molar-refractivity contribution in [3.8, 4) is 0 Å². The van der Waals surface area contributed by atoms with Crippen molar-refractivity contribution < 1.29 is 14.3 Å². The summed E-state index contributed by atoms with van der Waals surface area (Å²) >= 11 is 6.08. The monoisotopic (exact) mass is 266 g/mol. The van der Waals surface area contributed by atoms with Gasteiger partial charge in [-0.3, -0.25) is 0 Å². The molecule has 0 amide bonds. The first kappa shape index (κ1) is 12.0. The molecule has 1 saturated heterocycles. The van der Waals surface area contributed by atoms with Crippen molar-refractivity contribution in [1.82, 2.24) is 0 Å². The zero-order valence-corrected chi connectivity index (χ0v) is 10.9. The minimum Gasteiger partial charge on any atom is -0.456 e. The Morgan fingerprint density at radius 1 is 1.44 bits per heavy atom. The standard InChI is InChI=1S/C14H15ClO3/c1-9-8-14(16,5-6-17-9)12-7-10-3-2-4-11(15)13(10)18-12/h2-4,7,9,16H,5-6,8H2,1H3. The topological polar surface area (TPSA) is 42.6 Å². The molecule has 1 N–H and O–H groups in total. The van der Waals surface area contributed by atoms with Crippen LogP contribution in [0.25, 0.3) is 11.0 Å². The van der Waals surface area contributed by atoms with Gasteiger partial charge in [0.05, 0.1) is 17.7 Å². The quantitative estimate of drug-likeness (QED) is 0.859. The Balaban J connectivity index is 2.06. The van der Waals surface area contributed by atoms with E-state index < -0.39 is 5.60 Å². The third-order valence-electron chi connectivity index (χ3n) is 3.50. The summed E-state index contributed by atoms with van der Waals surface area (Å²) in [6, 6.07) is 7.47. The van der Waals surface area contributed by atoms with Crippen LogP contribution in [0.2, 0.25) is 5.02 Å². The lowest BCUT2D eigenvalue weighted by atomic mass is 9.88. The highest BCUT2D eigenvalue weighted by Crippen LogP contribution is 2.38. The number of aliphatic hydroxyl groups is 1. The third-order valence-corrected chi connectivity index (χ3v) is 3.80. The first-order valence-corrected chi connectivity index (χ1v) is 6.49. The van der Waals surface area contributed by atoms with Crippen molar-refractivity contribution in [3.05, 3.63) is 35.0 Å². The number of furan rings is 1. The largest absolute Gasteiger partial charge is 0.456 e. The van der Waals surface area contributed by atoms with Gasteiger partial charge in [0, 0.05) is 18.2 Å². The lowest BCUT2D eigenvalue weighted by molar-refractivity contribution is -0.110. The molecule has 0 aliphatic carbocycles. The second-order valence-electron chi connectivity index (χ2n) is 4.94. The Labute approximate surface area is 110 Å². The van der Waals surface area contributed by atoms with Crippen molar-refractivity contribution in [2.45, 2.75) is 31.5 Å². The van der Waals surface area contributed by atoms with Crippen LogP contribution < -0.4 is 0 Å². The molecule has 4 heteroatoms. The first-order valence-electron chi connectivity index (χ1n) is 6.11. The van der Waals surface area contributed by atoms with Crippen LogP contribution in [0.4, 0.5) is 0 Å². The SMILES string of the molecule is CC1CC(O)(c2cc3cccc(Cl)c3o2)CCO1. The second-order valence-corrected chi connectivity index (χ2v) is 5.34. The van der Waals surface area contributed by atoms with Gasteiger partial charge < -0.3 is 14.3 Å². The molecule has 1 aromatic carbocycles. The van der Waals surface area contributed by atoms with E-state index in [1.165, 1.54) is 0 Å². The molecule has 18 heavy (non-hydrogen) atoms. The molecule has 3 rings (SSSR count). The van der Waals surface area contributed by atoms with Crippen LogP contribution in [0, 0.1) is 0 Å². The van der Waals surface area contributed by atoms with Crippen LogP contribution in [-0.4, -0.2) is 17.8 Å². The molecule has 1 aliphatic heterocycles. The highest BCUT2D eigenvalue weighted by atomic mass is 35.5. The Bertz CT molecular complexity index is 577. The molecule has 1 aliphatic rings. The number of hydrogen-bond donors (Lipinski definition) is 1. The Morgan fingerprint density at radius 2 is 2.28 bits per heavy atom. The van der Waals surface area contributed by atoms with Gasteiger partial charge in [0.2, 0.25) is 0 Å². The van der Waals surface area contributed by atoms with Gasteiger partial charge in [-0.2, -0.15) is 0 Å². The van der Waals surface area contributed by atoms with Gasteiger partial charge >= 0.3 is 0 Å². The lowest BCUT2D eigenvalue weighted by Crippen LogP contribution is -2.37. The fraction of sp³-hybridized carbons (Fsp3) is 0.429. The van der Waals surface area contributed by atoms with Crippen molar-refractivity contribution >= 4 is 22.6 Å². The molecule has 1 aromatic heterocycles. The maximum atomic E-state index is 10.7. The summed E-state index contributed by atoms with van der Waals surface area (Å²) in [4.78, 5) is 0.